The van der Waals surface area contributed by atoms with Crippen LogP contribution in [0.1, 0.15) is 34.7 Å². The van der Waals surface area contributed by atoms with Gasteiger partial charge in [-0.2, -0.15) is 0 Å². The molecule has 1 atom stereocenters. The third-order valence-corrected chi connectivity index (χ3v) is 4.05. The summed E-state index contributed by atoms with van der Waals surface area (Å²) in [4.78, 5) is 2.43. The van der Waals surface area contributed by atoms with Gasteiger partial charge in [0, 0.05) is 32.2 Å². The summed E-state index contributed by atoms with van der Waals surface area (Å²) in [6.07, 6.45) is 0.602. The SMILES string of the molecule is Cc1cc(C)c([C@@H](CCF)N2CCNCC2)c(C)c1. The fourth-order valence-electron chi connectivity index (χ4n) is 3.32. The first-order valence-electron chi connectivity index (χ1n) is 7.22. The van der Waals surface area contributed by atoms with Gasteiger partial charge in [0.2, 0.25) is 0 Å². The van der Waals surface area contributed by atoms with Crippen molar-refractivity contribution in [3.05, 3.63) is 34.4 Å². The molecule has 0 aliphatic carbocycles. The van der Waals surface area contributed by atoms with Gasteiger partial charge in [-0.1, -0.05) is 17.7 Å². The molecule has 0 amide bonds. The number of benzene rings is 1. The summed E-state index contributed by atoms with van der Waals surface area (Å²) in [6, 6.07) is 4.67. The summed E-state index contributed by atoms with van der Waals surface area (Å²) in [5.41, 5.74) is 5.23. The third-order valence-electron chi connectivity index (χ3n) is 4.05. The average Bonchev–Trinajstić information content (AvgIpc) is 2.37. The van der Waals surface area contributed by atoms with E-state index in [9.17, 15) is 4.39 Å². The van der Waals surface area contributed by atoms with E-state index in [2.05, 4.69) is 43.1 Å². The van der Waals surface area contributed by atoms with Crippen LogP contribution in [-0.2, 0) is 0 Å². The van der Waals surface area contributed by atoms with Crippen LogP contribution >= 0.6 is 0 Å². The Morgan fingerprint density at radius 2 is 1.74 bits per heavy atom. The fraction of sp³-hybridized carbons (Fsp3) is 0.625. The van der Waals surface area contributed by atoms with Gasteiger partial charge in [0.25, 0.3) is 0 Å². The Bertz CT molecular complexity index is 402. The number of alkyl halides is 1. The summed E-state index contributed by atoms with van der Waals surface area (Å²) in [5.74, 6) is 0. The molecule has 0 radical (unpaired) electrons. The topological polar surface area (TPSA) is 15.3 Å². The lowest BCUT2D eigenvalue weighted by atomic mass is 9.91. The van der Waals surface area contributed by atoms with Gasteiger partial charge in [0.05, 0.1) is 6.67 Å². The highest BCUT2D eigenvalue weighted by atomic mass is 19.1. The minimum absolute atomic E-state index is 0.229. The van der Waals surface area contributed by atoms with Gasteiger partial charge < -0.3 is 5.32 Å². The highest BCUT2D eigenvalue weighted by Crippen LogP contribution is 2.31. The zero-order chi connectivity index (χ0) is 13.8. The van der Waals surface area contributed by atoms with Crippen molar-refractivity contribution in [2.24, 2.45) is 0 Å². The van der Waals surface area contributed by atoms with Crippen molar-refractivity contribution in [2.75, 3.05) is 32.9 Å². The van der Waals surface area contributed by atoms with Gasteiger partial charge in [-0.15, -0.1) is 0 Å². The van der Waals surface area contributed by atoms with Crippen LogP contribution in [0.3, 0.4) is 0 Å². The second-order valence-electron chi connectivity index (χ2n) is 5.59. The number of hydrogen-bond donors (Lipinski definition) is 1. The summed E-state index contributed by atoms with van der Waals surface area (Å²) >= 11 is 0. The number of aryl methyl sites for hydroxylation is 3. The van der Waals surface area contributed by atoms with Crippen molar-refractivity contribution < 1.29 is 4.39 Å². The molecule has 19 heavy (non-hydrogen) atoms. The molecule has 0 unspecified atom stereocenters. The second kappa shape index (κ2) is 6.49. The molecule has 1 aromatic carbocycles. The van der Waals surface area contributed by atoms with Crippen molar-refractivity contribution in [2.45, 2.75) is 33.2 Å². The Labute approximate surface area is 116 Å². The van der Waals surface area contributed by atoms with E-state index >= 15 is 0 Å². The van der Waals surface area contributed by atoms with Gasteiger partial charge >= 0.3 is 0 Å². The van der Waals surface area contributed by atoms with E-state index in [0.29, 0.717) is 6.42 Å². The van der Waals surface area contributed by atoms with Crippen LogP contribution in [0.5, 0.6) is 0 Å². The first-order valence-corrected chi connectivity index (χ1v) is 7.22. The molecule has 0 bridgehead atoms. The molecule has 1 aromatic rings. The smallest absolute Gasteiger partial charge is 0.0912 e. The van der Waals surface area contributed by atoms with Gasteiger partial charge in [-0.3, -0.25) is 9.29 Å². The number of hydrogen-bond acceptors (Lipinski definition) is 2. The minimum atomic E-state index is -0.249. The number of piperazine rings is 1. The predicted molar refractivity (Wildman–Crippen MR) is 78.4 cm³/mol. The van der Waals surface area contributed by atoms with Crippen LogP contribution in [-0.4, -0.2) is 37.8 Å². The Balaban J connectivity index is 2.32. The van der Waals surface area contributed by atoms with Crippen LogP contribution in [0.2, 0.25) is 0 Å². The van der Waals surface area contributed by atoms with Crippen LogP contribution in [0, 0.1) is 20.8 Å². The molecule has 1 aliphatic heterocycles. The molecule has 2 nitrogen and oxygen atoms in total. The lowest BCUT2D eigenvalue weighted by molar-refractivity contribution is 0.156. The molecule has 0 saturated carbocycles. The van der Waals surface area contributed by atoms with E-state index in [-0.39, 0.29) is 12.7 Å². The lowest BCUT2D eigenvalue weighted by Crippen LogP contribution is -2.45. The van der Waals surface area contributed by atoms with Gasteiger partial charge in [0.1, 0.15) is 0 Å². The van der Waals surface area contributed by atoms with Crippen LogP contribution in [0.4, 0.5) is 4.39 Å². The fourth-order valence-corrected chi connectivity index (χ4v) is 3.32. The van der Waals surface area contributed by atoms with E-state index in [1.807, 2.05) is 0 Å². The van der Waals surface area contributed by atoms with Crippen LogP contribution in [0.15, 0.2) is 12.1 Å². The summed E-state index contributed by atoms with van der Waals surface area (Å²) in [5, 5.41) is 3.37. The van der Waals surface area contributed by atoms with Gasteiger partial charge in [-0.25, -0.2) is 0 Å². The summed E-state index contributed by atoms with van der Waals surface area (Å²) in [6.45, 7) is 10.2. The molecule has 0 spiro atoms. The highest BCUT2D eigenvalue weighted by molar-refractivity contribution is 5.39. The first kappa shape index (κ1) is 14.5. The molecule has 1 saturated heterocycles. The molecular weight excluding hydrogens is 239 g/mol. The van der Waals surface area contributed by atoms with Crippen LogP contribution < -0.4 is 5.32 Å². The molecule has 106 valence electrons. The third kappa shape index (κ3) is 3.34. The molecular formula is C16H25FN2. The molecule has 0 aromatic heterocycles. The second-order valence-corrected chi connectivity index (χ2v) is 5.59. The number of halogens is 1. The predicted octanol–water partition coefficient (Wildman–Crippen LogP) is 2.92. The quantitative estimate of drug-likeness (QED) is 0.899. The zero-order valence-electron chi connectivity index (χ0n) is 12.3. The molecule has 1 heterocycles. The molecule has 2 rings (SSSR count). The number of rotatable bonds is 4. The number of nitrogens with zero attached hydrogens (tertiary/aromatic N) is 1. The molecule has 3 heteroatoms. The van der Waals surface area contributed by atoms with Crippen molar-refractivity contribution in [1.29, 1.82) is 0 Å². The maximum atomic E-state index is 13.0. The van der Waals surface area contributed by atoms with Crippen molar-refractivity contribution in [1.82, 2.24) is 10.2 Å². The maximum Gasteiger partial charge on any atom is 0.0912 e. The Morgan fingerprint density at radius 3 is 2.26 bits per heavy atom. The number of nitrogens with one attached hydrogen (secondary N) is 1. The standard InChI is InChI=1S/C16H25FN2/c1-12-10-13(2)16(14(3)11-12)15(4-5-17)19-8-6-18-7-9-19/h10-11,15,18H,4-9H2,1-3H3/t15-/m1/s1. The Morgan fingerprint density at radius 1 is 1.16 bits per heavy atom. The van der Waals surface area contributed by atoms with Crippen LogP contribution in [0.25, 0.3) is 0 Å². The van der Waals surface area contributed by atoms with Crippen molar-refractivity contribution in [3.63, 3.8) is 0 Å². The first-order chi connectivity index (χ1) is 9.13. The molecule has 1 aliphatic rings. The summed E-state index contributed by atoms with van der Waals surface area (Å²) in [7, 11) is 0. The molecule has 1 fully saturated rings. The molecule has 1 N–H and O–H groups in total. The largest absolute Gasteiger partial charge is 0.314 e. The van der Waals surface area contributed by atoms with Crippen molar-refractivity contribution in [3.8, 4) is 0 Å². The van der Waals surface area contributed by atoms with Gasteiger partial charge in [0.15, 0.2) is 0 Å². The highest BCUT2D eigenvalue weighted by Gasteiger charge is 2.24. The Kier molecular flexibility index (Phi) is 4.94. The van der Waals surface area contributed by atoms with Gasteiger partial charge in [-0.05, 0) is 43.9 Å². The monoisotopic (exact) mass is 264 g/mol. The maximum absolute atomic E-state index is 13.0. The van der Waals surface area contributed by atoms with E-state index in [4.69, 9.17) is 0 Å². The van der Waals surface area contributed by atoms with E-state index in [0.717, 1.165) is 26.2 Å². The van der Waals surface area contributed by atoms with E-state index in [1.165, 1.54) is 22.3 Å². The lowest BCUT2D eigenvalue weighted by Gasteiger charge is -2.36. The van der Waals surface area contributed by atoms with E-state index in [1.54, 1.807) is 0 Å². The van der Waals surface area contributed by atoms with E-state index < -0.39 is 0 Å². The Hall–Kier alpha value is -0.930. The summed E-state index contributed by atoms with van der Waals surface area (Å²) < 4.78 is 13.0. The van der Waals surface area contributed by atoms with Crippen molar-refractivity contribution >= 4 is 0 Å². The normalized spacial score (nSPS) is 18.5. The average molecular weight is 264 g/mol. The zero-order valence-corrected chi connectivity index (χ0v) is 12.3. The minimum Gasteiger partial charge on any atom is -0.314 e.